The molecule has 0 spiro atoms. The highest BCUT2D eigenvalue weighted by Crippen LogP contribution is 2.37. The van der Waals surface area contributed by atoms with Crippen LogP contribution in [0.5, 0.6) is 0 Å². The minimum Gasteiger partial charge on any atom is -0.382 e. The summed E-state index contributed by atoms with van der Waals surface area (Å²) < 4.78 is 16.7. The molecule has 3 N–H and O–H groups in total. The van der Waals surface area contributed by atoms with Crippen molar-refractivity contribution in [3.8, 4) is 22.4 Å². The van der Waals surface area contributed by atoms with Crippen LogP contribution in [0.1, 0.15) is 20.8 Å². The van der Waals surface area contributed by atoms with Crippen LogP contribution in [-0.2, 0) is 9.59 Å². The van der Waals surface area contributed by atoms with Crippen molar-refractivity contribution >= 4 is 28.8 Å². The number of carbonyl (C=O) groups is 2. The number of rotatable bonds is 3. The average molecular weight is 462 g/mol. The quantitative estimate of drug-likeness (QED) is 0.482. The second-order valence-corrected chi connectivity index (χ2v) is 8.69. The van der Waals surface area contributed by atoms with Crippen molar-refractivity contribution in [2.75, 3.05) is 23.7 Å². The van der Waals surface area contributed by atoms with Crippen LogP contribution in [-0.4, -0.2) is 60.1 Å². The molecule has 0 aliphatic carbocycles. The summed E-state index contributed by atoms with van der Waals surface area (Å²) in [4.78, 5) is 32.3. The normalized spacial score (nSPS) is 15.8. The van der Waals surface area contributed by atoms with E-state index in [1.807, 2.05) is 6.07 Å². The molecule has 0 saturated carbocycles. The summed E-state index contributed by atoms with van der Waals surface area (Å²) in [7, 11) is 0. The maximum Gasteiger partial charge on any atom is 0.252 e. The molecule has 1 aromatic carbocycles. The molecule has 1 saturated heterocycles. The van der Waals surface area contributed by atoms with Crippen LogP contribution in [0.2, 0.25) is 0 Å². The number of H-pyrrole nitrogens is 1. The molecule has 10 nitrogen and oxygen atoms in total. The van der Waals surface area contributed by atoms with E-state index in [0.29, 0.717) is 23.3 Å². The second-order valence-electron chi connectivity index (χ2n) is 8.69. The number of fused-ring (bicyclic) bond motifs is 1. The van der Waals surface area contributed by atoms with E-state index in [1.54, 1.807) is 42.9 Å². The van der Waals surface area contributed by atoms with Gasteiger partial charge >= 0.3 is 0 Å². The van der Waals surface area contributed by atoms with E-state index in [4.69, 9.17) is 5.73 Å². The zero-order valence-electron chi connectivity index (χ0n) is 18.9. The van der Waals surface area contributed by atoms with Gasteiger partial charge in [-0.1, -0.05) is 0 Å². The Kier molecular flexibility index (Phi) is 4.85. The van der Waals surface area contributed by atoms with Crippen LogP contribution in [0.25, 0.3) is 27.9 Å². The second kappa shape index (κ2) is 7.65. The smallest absolute Gasteiger partial charge is 0.252 e. The number of nitrogens with two attached hydrogens (primary N) is 1. The lowest BCUT2D eigenvalue weighted by Crippen LogP contribution is -2.64. The lowest BCUT2D eigenvalue weighted by molar-refractivity contribution is -0.145. The highest BCUT2D eigenvalue weighted by molar-refractivity contribution is 6.03. The first-order valence-electron chi connectivity index (χ1n) is 10.7. The number of halogens is 1. The fraction of sp³-hybridized carbons (Fsp3) is 0.261. The van der Waals surface area contributed by atoms with Gasteiger partial charge in [-0.25, -0.2) is 13.9 Å². The monoisotopic (exact) mass is 462 g/mol. The number of hydrogen-bond acceptors (Lipinski definition) is 6. The Labute approximate surface area is 194 Å². The van der Waals surface area contributed by atoms with Crippen molar-refractivity contribution in [2.45, 2.75) is 26.3 Å². The highest BCUT2D eigenvalue weighted by atomic mass is 19.1. The molecule has 11 heteroatoms. The third-order valence-electron chi connectivity index (χ3n) is 6.30. The van der Waals surface area contributed by atoms with Crippen LogP contribution in [0, 0.1) is 5.82 Å². The van der Waals surface area contributed by atoms with Crippen LogP contribution in [0.3, 0.4) is 0 Å². The minimum absolute atomic E-state index is 0.139. The Morgan fingerprint density at radius 2 is 2.00 bits per heavy atom. The van der Waals surface area contributed by atoms with Gasteiger partial charge < -0.3 is 15.5 Å². The predicted molar refractivity (Wildman–Crippen MR) is 124 cm³/mol. The molecule has 0 radical (unpaired) electrons. The summed E-state index contributed by atoms with van der Waals surface area (Å²) in [5, 5.41) is 11.1. The Morgan fingerprint density at radius 1 is 1.21 bits per heavy atom. The van der Waals surface area contributed by atoms with Crippen LogP contribution >= 0.6 is 0 Å². The van der Waals surface area contributed by atoms with E-state index in [-0.39, 0.29) is 29.9 Å². The van der Waals surface area contributed by atoms with Crippen molar-refractivity contribution in [2.24, 2.45) is 0 Å². The molecule has 1 aliphatic heterocycles. The van der Waals surface area contributed by atoms with E-state index in [2.05, 4.69) is 20.3 Å². The lowest BCUT2D eigenvalue weighted by atomic mass is 9.96. The molecule has 1 aliphatic rings. The molecule has 0 atom stereocenters. The van der Waals surface area contributed by atoms with Gasteiger partial charge in [-0.05, 0) is 38.1 Å². The number of aromatic amines is 1. The Hall–Kier alpha value is -4.28. The van der Waals surface area contributed by atoms with E-state index in [1.165, 1.54) is 29.1 Å². The highest BCUT2D eigenvalue weighted by Gasteiger charge is 2.44. The third-order valence-corrected chi connectivity index (χ3v) is 6.30. The van der Waals surface area contributed by atoms with Gasteiger partial charge in [0.1, 0.15) is 23.2 Å². The third kappa shape index (κ3) is 3.19. The lowest BCUT2D eigenvalue weighted by Gasteiger charge is -2.45. The van der Waals surface area contributed by atoms with Crippen molar-refractivity contribution in [1.82, 2.24) is 29.7 Å². The number of carbonyl (C=O) groups excluding carboxylic acids is 2. The SMILES string of the molecule is CC(=O)N1CCN(c2cc(-c3cc(-c4cn[nH]c4)c4c(N)ncnn34)ccc2F)C(=O)C1(C)C. The summed E-state index contributed by atoms with van der Waals surface area (Å²) in [6.07, 6.45) is 4.75. The van der Waals surface area contributed by atoms with Crippen molar-refractivity contribution in [1.29, 1.82) is 0 Å². The first-order valence-corrected chi connectivity index (χ1v) is 10.7. The Morgan fingerprint density at radius 3 is 2.71 bits per heavy atom. The van der Waals surface area contributed by atoms with Gasteiger partial charge in [-0.2, -0.15) is 10.2 Å². The topological polar surface area (TPSA) is 126 Å². The van der Waals surface area contributed by atoms with Gasteiger partial charge in [0.25, 0.3) is 5.91 Å². The van der Waals surface area contributed by atoms with Gasteiger partial charge in [0.2, 0.25) is 5.91 Å². The number of anilines is 2. The number of nitrogen functional groups attached to an aromatic ring is 1. The summed E-state index contributed by atoms with van der Waals surface area (Å²) in [6.45, 7) is 5.26. The molecule has 3 aromatic heterocycles. The van der Waals surface area contributed by atoms with E-state index in [9.17, 15) is 9.59 Å². The van der Waals surface area contributed by atoms with E-state index < -0.39 is 11.4 Å². The fourth-order valence-corrected chi connectivity index (χ4v) is 4.58. The molecule has 5 rings (SSSR count). The summed E-state index contributed by atoms with van der Waals surface area (Å²) >= 11 is 0. The van der Waals surface area contributed by atoms with Gasteiger partial charge in [-0.15, -0.1) is 0 Å². The zero-order chi connectivity index (χ0) is 24.2. The molecular formula is C23H23FN8O2. The summed E-state index contributed by atoms with van der Waals surface area (Å²) in [6, 6.07) is 6.44. The average Bonchev–Trinajstić information content (AvgIpc) is 3.45. The molecule has 174 valence electrons. The van der Waals surface area contributed by atoms with Crippen LogP contribution in [0.4, 0.5) is 15.9 Å². The standard InChI is InChI=1S/C23H23FN8O2/c1-13(33)31-7-6-30(22(34)23(31,2)3)19-8-14(4-5-17(19)24)18-9-16(15-10-27-28-11-15)20-21(25)26-12-29-32(18)20/h4-5,8-12H,6-7H2,1-3H3,(H,27,28)(H2,25,26,29). The van der Waals surface area contributed by atoms with E-state index >= 15 is 4.39 Å². The first kappa shape index (κ1) is 21.6. The minimum atomic E-state index is -1.09. The number of nitrogens with zero attached hydrogens (tertiary/aromatic N) is 6. The van der Waals surface area contributed by atoms with Crippen molar-refractivity contribution < 1.29 is 14.0 Å². The number of nitrogens with one attached hydrogen (secondary N) is 1. The number of hydrogen-bond donors (Lipinski definition) is 2. The number of benzene rings is 1. The van der Waals surface area contributed by atoms with Gasteiger partial charge in [0.15, 0.2) is 5.82 Å². The van der Waals surface area contributed by atoms with Gasteiger partial charge in [0, 0.05) is 42.9 Å². The van der Waals surface area contributed by atoms with Gasteiger partial charge in [0.05, 0.1) is 17.6 Å². The van der Waals surface area contributed by atoms with Crippen molar-refractivity contribution in [3.63, 3.8) is 0 Å². The number of aromatic nitrogens is 5. The molecule has 4 aromatic rings. The largest absolute Gasteiger partial charge is 0.382 e. The predicted octanol–water partition coefficient (Wildman–Crippen LogP) is 2.48. The summed E-state index contributed by atoms with van der Waals surface area (Å²) in [5.41, 5.74) is 8.65. The molecule has 0 unspecified atom stereocenters. The Bertz CT molecular complexity index is 1430. The molecule has 4 heterocycles. The van der Waals surface area contributed by atoms with Gasteiger partial charge in [-0.3, -0.25) is 14.7 Å². The number of piperazine rings is 1. The molecular weight excluding hydrogens is 439 g/mol. The zero-order valence-corrected chi connectivity index (χ0v) is 18.9. The van der Waals surface area contributed by atoms with Crippen LogP contribution < -0.4 is 10.6 Å². The first-order chi connectivity index (χ1) is 16.2. The molecule has 2 amide bonds. The fourth-order valence-electron chi connectivity index (χ4n) is 4.58. The maximum atomic E-state index is 15.0. The Balaban J connectivity index is 1.63. The van der Waals surface area contributed by atoms with Crippen LogP contribution in [0.15, 0.2) is 43.0 Å². The molecule has 34 heavy (non-hydrogen) atoms. The van der Waals surface area contributed by atoms with Crippen molar-refractivity contribution in [3.05, 3.63) is 48.8 Å². The van der Waals surface area contributed by atoms with E-state index in [0.717, 1.165) is 11.1 Å². The molecule has 1 fully saturated rings. The maximum absolute atomic E-state index is 15.0. The summed E-state index contributed by atoms with van der Waals surface area (Å²) in [5.74, 6) is -0.794. The number of amides is 2. The molecule has 0 bridgehead atoms.